The van der Waals surface area contributed by atoms with Gasteiger partial charge in [0.2, 0.25) is 6.29 Å². The SMILES string of the molecule is CC(=O)O[C@@H]1CO[C@@H](O[C@H]2CC[C@@]3(C)[C@@H](CC[C@@]4(C)[C@@H]3CC=C3[C@@H]5CC(C)(C)CC[C@@]5(C(=O)O[C@H]5O[C@@H](CO[C@@H]6O[C@H](CO)[C@@H](O)[C@@H](O)[C@@H]6O)[C@H](O)[C@@H](O)[C@@H]5O)CC[C@@]34C)[C@]2(C)CO)[C@H](O)[C@@H]1O. The fourth-order valence-electron chi connectivity index (χ4n) is 15.0. The molecule has 0 spiro atoms. The van der Waals surface area contributed by atoms with Crippen molar-refractivity contribution in [2.24, 2.45) is 50.2 Å². The first-order valence-electron chi connectivity index (χ1n) is 24.8. The maximum atomic E-state index is 15.0. The van der Waals surface area contributed by atoms with Gasteiger partial charge in [0.15, 0.2) is 18.7 Å². The summed E-state index contributed by atoms with van der Waals surface area (Å²) in [4.78, 5) is 26.6. The van der Waals surface area contributed by atoms with E-state index in [1.807, 2.05) is 6.92 Å². The Morgan fingerprint density at radius 3 is 1.99 bits per heavy atom. The van der Waals surface area contributed by atoms with Crippen molar-refractivity contribution in [2.75, 3.05) is 26.4 Å². The summed E-state index contributed by atoms with van der Waals surface area (Å²) in [6.45, 7) is 13.3. The lowest BCUT2D eigenvalue weighted by molar-refractivity contribution is -0.328. The van der Waals surface area contributed by atoms with Crippen molar-refractivity contribution < 1.29 is 93.8 Å². The van der Waals surface area contributed by atoms with Crippen LogP contribution in [0.3, 0.4) is 0 Å². The fourth-order valence-corrected chi connectivity index (χ4v) is 15.0. The van der Waals surface area contributed by atoms with Crippen LogP contribution in [0.5, 0.6) is 0 Å². The second kappa shape index (κ2) is 18.8. The van der Waals surface area contributed by atoms with E-state index in [9.17, 15) is 60.7 Å². The molecule has 3 aliphatic heterocycles. The van der Waals surface area contributed by atoms with Crippen molar-refractivity contribution >= 4 is 11.9 Å². The minimum absolute atomic E-state index is 0.0309. The number of aliphatic hydroxyl groups excluding tert-OH is 10. The first-order chi connectivity index (χ1) is 31.8. The van der Waals surface area contributed by atoms with Crippen LogP contribution in [0.15, 0.2) is 11.6 Å². The van der Waals surface area contributed by atoms with Crippen LogP contribution >= 0.6 is 0 Å². The van der Waals surface area contributed by atoms with Gasteiger partial charge in [-0.1, -0.05) is 53.2 Å². The van der Waals surface area contributed by atoms with E-state index < -0.39 is 128 Å². The van der Waals surface area contributed by atoms with Crippen LogP contribution in [0.25, 0.3) is 0 Å². The highest BCUT2D eigenvalue weighted by Crippen LogP contribution is 2.76. The molecule has 0 aromatic carbocycles. The molecular weight excluding hydrogens is 893 g/mol. The summed E-state index contributed by atoms with van der Waals surface area (Å²) in [6, 6.07) is 0. The number of rotatable bonds is 10. The number of ether oxygens (including phenoxy) is 7. The summed E-state index contributed by atoms with van der Waals surface area (Å²) in [7, 11) is 0. The molecule has 0 amide bonds. The van der Waals surface area contributed by atoms with E-state index in [0.717, 1.165) is 32.1 Å². The zero-order valence-electron chi connectivity index (χ0n) is 40.5. The van der Waals surface area contributed by atoms with Gasteiger partial charge in [0, 0.05) is 12.3 Å². The molecule has 5 aliphatic carbocycles. The van der Waals surface area contributed by atoms with Crippen molar-refractivity contribution in [1.29, 1.82) is 0 Å². The van der Waals surface area contributed by atoms with Crippen molar-refractivity contribution in [2.45, 2.75) is 205 Å². The van der Waals surface area contributed by atoms with Crippen LogP contribution in [0.2, 0.25) is 0 Å². The second-order valence-corrected chi connectivity index (χ2v) is 23.5. The highest BCUT2D eigenvalue weighted by molar-refractivity contribution is 5.79. The molecule has 3 heterocycles. The van der Waals surface area contributed by atoms with Gasteiger partial charge in [0.25, 0.3) is 0 Å². The van der Waals surface area contributed by atoms with Crippen LogP contribution in [0.1, 0.15) is 113 Å². The molecule has 19 nitrogen and oxygen atoms in total. The maximum Gasteiger partial charge on any atom is 0.315 e. The van der Waals surface area contributed by atoms with Gasteiger partial charge < -0.3 is 84.2 Å². The third-order valence-electron chi connectivity index (χ3n) is 19.3. The molecule has 0 aromatic rings. The number of esters is 2. The van der Waals surface area contributed by atoms with E-state index in [4.69, 9.17) is 33.2 Å². The Balaban J connectivity index is 1.01. The zero-order valence-corrected chi connectivity index (χ0v) is 40.5. The molecule has 8 rings (SSSR count). The molecule has 7 fully saturated rings. The normalized spacial score (nSPS) is 52.3. The molecule has 0 bridgehead atoms. The topological polar surface area (TPSA) is 301 Å². The molecule has 0 aromatic heterocycles. The lowest BCUT2D eigenvalue weighted by atomic mass is 9.33. The Bertz CT molecular complexity index is 1880. The predicted molar refractivity (Wildman–Crippen MR) is 235 cm³/mol. The van der Waals surface area contributed by atoms with E-state index >= 15 is 0 Å². The number of hydrogen-bond donors (Lipinski definition) is 10. The summed E-state index contributed by atoms with van der Waals surface area (Å²) in [6.07, 6.45) is -12.6. The molecule has 8 aliphatic rings. The van der Waals surface area contributed by atoms with Crippen LogP contribution in [0, 0.1) is 50.2 Å². The molecule has 3 saturated heterocycles. The van der Waals surface area contributed by atoms with Gasteiger partial charge in [-0.05, 0) is 104 Å². The van der Waals surface area contributed by atoms with Gasteiger partial charge in [0.05, 0.1) is 37.9 Å². The summed E-state index contributed by atoms with van der Waals surface area (Å²) in [5.74, 6) is -1.15. The average Bonchev–Trinajstić information content (AvgIpc) is 3.29. The molecule has 10 N–H and O–H groups in total. The summed E-state index contributed by atoms with van der Waals surface area (Å²) in [5, 5.41) is 107. The van der Waals surface area contributed by atoms with E-state index in [1.54, 1.807) is 0 Å². The lowest BCUT2D eigenvalue weighted by Crippen LogP contribution is -2.67. The third-order valence-corrected chi connectivity index (χ3v) is 19.3. The van der Waals surface area contributed by atoms with Gasteiger partial charge in [-0.15, -0.1) is 0 Å². The molecule has 23 atom stereocenters. The molecule has 4 saturated carbocycles. The number of allylic oxidation sites excluding steroid dienone is 2. The van der Waals surface area contributed by atoms with Gasteiger partial charge in [-0.3, -0.25) is 9.59 Å². The van der Waals surface area contributed by atoms with Crippen molar-refractivity contribution in [3.8, 4) is 0 Å². The minimum Gasteiger partial charge on any atom is -0.457 e. The summed E-state index contributed by atoms with van der Waals surface area (Å²) < 4.78 is 40.6. The second-order valence-electron chi connectivity index (χ2n) is 23.5. The maximum absolute atomic E-state index is 15.0. The quantitative estimate of drug-likeness (QED) is 0.0801. The van der Waals surface area contributed by atoms with Crippen molar-refractivity contribution in [3.63, 3.8) is 0 Å². The van der Waals surface area contributed by atoms with Crippen molar-refractivity contribution in [1.82, 2.24) is 0 Å². The number of fused-ring (bicyclic) bond motifs is 7. The Morgan fingerprint density at radius 1 is 0.691 bits per heavy atom. The fraction of sp³-hybridized carbons (Fsp3) is 0.918. The van der Waals surface area contributed by atoms with Crippen LogP contribution in [0.4, 0.5) is 0 Å². The number of aliphatic hydroxyl groups is 10. The Labute approximate surface area is 398 Å². The van der Waals surface area contributed by atoms with Crippen LogP contribution in [-0.2, 0) is 42.7 Å². The first-order valence-corrected chi connectivity index (χ1v) is 24.8. The molecule has 0 radical (unpaired) electrons. The highest BCUT2D eigenvalue weighted by Gasteiger charge is 2.70. The van der Waals surface area contributed by atoms with Gasteiger partial charge in [-0.2, -0.15) is 0 Å². The smallest absolute Gasteiger partial charge is 0.315 e. The molecule has 388 valence electrons. The minimum atomic E-state index is -1.82. The average molecular weight is 971 g/mol. The van der Waals surface area contributed by atoms with Gasteiger partial charge >= 0.3 is 11.9 Å². The summed E-state index contributed by atoms with van der Waals surface area (Å²) in [5.41, 5.74) is -1.35. The Hall–Kier alpha value is -1.92. The van der Waals surface area contributed by atoms with Crippen LogP contribution < -0.4 is 0 Å². The standard InChI is InChI=1S/C49H78O19/c1-23(52)64-27-20-63-41(37(58)34(27)55)67-31-11-12-45(4)29(46(31,5)22-51)10-13-48(7)30(45)9-8-24-25-18-44(2,3)14-16-49(25,17-15-47(24,48)6)43(61)68-42-39(60)36(57)33(54)28(66-42)21-62-40-38(59)35(56)32(53)26(19-50)65-40/h8,25-42,50-51,53-60H,9-22H2,1-7H3/t25-,26+,27+,28-,29+,30+,31-,32+,33-,34+,35+,36+,37+,38-,39-,40+,41-,42+,45-,46-,47-,48-,49+/m0/s1. The molecule has 0 unspecified atom stereocenters. The lowest BCUT2D eigenvalue weighted by Gasteiger charge is -2.71. The number of carbonyl (C=O) groups excluding carboxylic acids is 2. The van der Waals surface area contributed by atoms with E-state index in [0.29, 0.717) is 32.1 Å². The largest absolute Gasteiger partial charge is 0.457 e. The Kier molecular flexibility index (Phi) is 14.5. The van der Waals surface area contributed by atoms with Crippen molar-refractivity contribution in [3.05, 3.63) is 11.6 Å². The molecular formula is C49H78O19. The Morgan fingerprint density at radius 2 is 1.32 bits per heavy atom. The molecule has 68 heavy (non-hydrogen) atoms. The first kappa shape index (κ1) is 52.4. The highest BCUT2D eigenvalue weighted by atomic mass is 16.7. The van der Waals surface area contributed by atoms with E-state index in [1.165, 1.54) is 12.5 Å². The monoisotopic (exact) mass is 971 g/mol. The molecule has 19 heteroatoms. The van der Waals surface area contributed by atoms with Gasteiger partial charge in [-0.25, -0.2) is 0 Å². The number of hydrogen-bond acceptors (Lipinski definition) is 19. The summed E-state index contributed by atoms with van der Waals surface area (Å²) >= 11 is 0. The van der Waals surface area contributed by atoms with Crippen LogP contribution in [-0.4, -0.2) is 182 Å². The zero-order chi connectivity index (χ0) is 49.7. The third kappa shape index (κ3) is 8.41. The predicted octanol–water partition coefficient (Wildman–Crippen LogP) is 0.323. The van der Waals surface area contributed by atoms with Gasteiger partial charge in [0.1, 0.15) is 61.0 Å². The van der Waals surface area contributed by atoms with E-state index in [2.05, 4.69) is 40.7 Å². The number of carbonyl (C=O) groups is 2. The van der Waals surface area contributed by atoms with E-state index in [-0.39, 0.29) is 52.6 Å².